The van der Waals surface area contributed by atoms with Crippen LogP contribution in [0.15, 0.2) is 4.99 Å². The standard InChI is InChI=1S/C8H17N3O2/c1-2-3-10-8(11-9)7-6-12-4-5-13-7/h7H,2-6,9H2,1H3,(H,10,11). The van der Waals surface area contributed by atoms with Gasteiger partial charge in [0.15, 0.2) is 0 Å². The second-order valence-electron chi connectivity index (χ2n) is 2.85. The highest BCUT2D eigenvalue weighted by atomic mass is 16.6. The van der Waals surface area contributed by atoms with E-state index >= 15 is 0 Å². The molecule has 0 amide bonds. The zero-order chi connectivity index (χ0) is 9.52. The molecule has 0 saturated carbocycles. The summed E-state index contributed by atoms with van der Waals surface area (Å²) < 4.78 is 10.7. The fourth-order valence-corrected chi connectivity index (χ4v) is 1.12. The maximum absolute atomic E-state index is 5.43. The van der Waals surface area contributed by atoms with Gasteiger partial charge < -0.3 is 14.9 Å². The Bertz CT molecular complexity index is 167. The Labute approximate surface area is 78.3 Å². The van der Waals surface area contributed by atoms with Crippen LogP contribution in [0, 0.1) is 0 Å². The van der Waals surface area contributed by atoms with Crippen molar-refractivity contribution in [1.82, 2.24) is 5.43 Å². The summed E-state index contributed by atoms with van der Waals surface area (Å²) in [7, 11) is 0. The van der Waals surface area contributed by atoms with E-state index < -0.39 is 0 Å². The van der Waals surface area contributed by atoms with Crippen LogP contribution in [-0.4, -0.2) is 38.3 Å². The van der Waals surface area contributed by atoms with Gasteiger partial charge in [0, 0.05) is 6.54 Å². The van der Waals surface area contributed by atoms with Crippen LogP contribution in [0.2, 0.25) is 0 Å². The topological polar surface area (TPSA) is 68.9 Å². The quantitative estimate of drug-likeness (QED) is 0.275. The van der Waals surface area contributed by atoms with Crippen molar-refractivity contribution in [2.24, 2.45) is 10.8 Å². The van der Waals surface area contributed by atoms with Crippen LogP contribution in [-0.2, 0) is 9.47 Å². The van der Waals surface area contributed by atoms with Gasteiger partial charge in [-0.25, -0.2) is 5.84 Å². The summed E-state index contributed by atoms with van der Waals surface area (Å²) in [6.07, 6.45) is 0.879. The van der Waals surface area contributed by atoms with Crippen LogP contribution in [0.5, 0.6) is 0 Å². The van der Waals surface area contributed by atoms with E-state index in [0.717, 1.165) is 13.0 Å². The molecule has 1 atom stereocenters. The van der Waals surface area contributed by atoms with Crippen molar-refractivity contribution in [3.05, 3.63) is 0 Å². The number of amidine groups is 1. The van der Waals surface area contributed by atoms with Crippen LogP contribution in [0.3, 0.4) is 0 Å². The summed E-state index contributed by atoms with van der Waals surface area (Å²) in [5.74, 6) is 6.01. The third-order valence-corrected chi connectivity index (χ3v) is 1.77. The molecule has 1 aliphatic rings. The van der Waals surface area contributed by atoms with Crippen LogP contribution in [0.1, 0.15) is 13.3 Å². The van der Waals surface area contributed by atoms with Crippen molar-refractivity contribution in [3.8, 4) is 0 Å². The zero-order valence-corrected chi connectivity index (χ0v) is 7.95. The molecule has 0 spiro atoms. The number of nitrogens with one attached hydrogen (secondary N) is 1. The van der Waals surface area contributed by atoms with Crippen molar-refractivity contribution < 1.29 is 9.47 Å². The van der Waals surface area contributed by atoms with Gasteiger partial charge in [-0.05, 0) is 6.42 Å². The number of nitrogens with two attached hydrogens (primary N) is 1. The molecule has 1 rings (SSSR count). The molecule has 0 radical (unpaired) electrons. The van der Waals surface area contributed by atoms with Crippen LogP contribution >= 0.6 is 0 Å². The monoisotopic (exact) mass is 187 g/mol. The number of ether oxygens (including phenoxy) is 2. The molecule has 1 unspecified atom stereocenters. The number of nitrogens with zero attached hydrogens (tertiary/aromatic N) is 1. The Morgan fingerprint density at radius 1 is 1.62 bits per heavy atom. The molecule has 5 nitrogen and oxygen atoms in total. The predicted octanol–water partition coefficient (Wildman–Crippen LogP) is -0.326. The minimum absolute atomic E-state index is 0.120. The van der Waals surface area contributed by atoms with E-state index in [4.69, 9.17) is 15.3 Å². The van der Waals surface area contributed by atoms with Gasteiger partial charge in [0.25, 0.3) is 0 Å². The molecule has 13 heavy (non-hydrogen) atoms. The van der Waals surface area contributed by atoms with Crippen molar-refractivity contribution >= 4 is 5.84 Å². The van der Waals surface area contributed by atoms with Gasteiger partial charge in [-0.3, -0.25) is 4.99 Å². The molecule has 0 aromatic heterocycles. The summed E-state index contributed by atoms with van der Waals surface area (Å²) in [5.41, 5.74) is 2.55. The Hall–Kier alpha value is -0.650. The summed E-state index contributed by atoms with van der Waals surface area (Å²) >= 11 is 0. The predicted molar refractivity (Wildman–Crippen MR) is 50.5 cm³/mol. The molecule has 1 fully saturated rings. The van der Waals surface area contributed by atoms with E-state index in [1.807, 2.05) is 0 Å². The minimum atomic E-state index is -0.120. The normalized spacial score (nSPS) is 24.5. The van der Waals surface area contributed by atoms with Gasteiger partial charge in [-0.1, -0.05) is 6.92 Å². The molecule has 0 aliphatic carbocycles. The van der Waals surface area contributed by atoms with Crippen molar-refractivity contribution in [3.63, 3.8) is 0 Å². The summed E-state index contributed by atoms with van der Waals surface area (Å²) in [6.45, 7) is 4.63. The lowest BCUT2D eigenvalue weighted by molar-refractivity contribution is -0.0606. The molecule has 3 N–H and O–H groups in total. The smallest absolute Gasteiger partial charge is 0.142 e. The van der Waals surface area contributed by atoms with Crippen molar-refractivity contribution in [2.45, 2.75) is 19.4 Å². The van der Waals surface area contributed by atoms with Gasteiger partial charge in [0.05, 0.1) is 19.8 Å². The first-order valence-corrected chi connectivity index (χ1v) is 4.58. The SMILES string of the molecule is CCCN=C(NN)C1COCCO1. The lowest BCUT2D eigenvalue weighted by Crippen LogP contribution is -2.45. The van der Waals surface area contributed by atoms with Gasteiger partial charge in [-0.15, -0.1) is 0 Å². The van der Waals surface area contributed by atoms with E-state index in [1.54, 1.807) is 0 Å². The molecule has 0 aromatic rings. The third kappa shape index (κ3) is 3.30. The van der Waals surface area contributed by atoms with Gasteiger partial charge in [0.2, 0.25) is 0 Å². The Kier molecular flexibility index (Phi) is 4.74. The molecule has 1 heterocycles. The Morgan fingerprint density at radius 2 is 2.46 bits per heavy atom. The average Bonchev–Trinajstić information content (AvgIpc) is 2.21. The molecule has 0 bridgehead atoms. The van der Waals surface area contributed by atoms with Crippen LogP contribution in [0.4, 0.5) is 0 Å². The first kappa shape index (κ1) is 10.4. The number of aliphatic imine (C=N–C) groups is 1. The third-order valence-electron chi connectivity index (χ3n) is 1.77. The number of rotatable bonds is 3. The maximum atomic E-state index is 5.43. The highest BCUT2D eigenvalue weighted by Crippen LogP contribution is 2.01. The first-order valence-electron chi connectivity index (χ1n) is 4.58. The van der Waals surface area contributed by atoms with Gasteiger partial charge in [0.1, 0.15) is 11.9 Å². The summed E-state index contributed by atoms with van der Waals surface area (Å²) in [6, 6.07) is 0. The summed E-state index contributed by atoms with van der Waals surface area (Å²) in [4.78, 5) is 4.26. The highest BCUT2D eigenvalue weighted by Gasteiger charge is 2.19. The largest absolute Gasteiger partial charge is 0.376 e. The Balaban J connectivity index is 2.43. The van der Waals surface area contributed by atoms with Crippen molar-refractivity contribution in [2.75, 3.05) is 26.4 Å². The average molecular weight is 187 g/mol. The van der Waals surface area contributed by atoms with Crippen LogP contribution in [0.25, 0.3) is 0 Å². The molecular formula is C8H17N3O2. The minimum Gasteiger partial charge on any atom is -0.376 e. The lowest BCUT2D eigenvalue weighted by atomic mass is 10.3. The molecule has 5 heteroatoms. The number of hydrogen-bond donors (Lipinski definition) is 2. The molecule has 0 aromatic carbocycles. The fraction of sp³-hybridized carbons (Fsp3) is 0.875. The van der Waals surface area contributed by atoms with E-state index in [1.165, 1.54) is 0 Å². The lowest BCUT2D eigenvalue weighted by Gasteiger charge is -2.23. The second-order valence-corrected chi connectivity index (χ2v) is 2.85. The zero-order valence-electron chi connectivity index (χ0n) is 7.95. The number of hydrazine groups is 1. The number of hydrogen-bond acceptors (Lipinski definition) is 4. The van der Waals surface area contributed by atoms with E-state index in [-0.39, 0.29) is 6.10 Å². The molecular weight excluding hydrogens is 170 g/mol. The molecule has 76 valence electrons. The van der Waals surface area contributed by atoms with E-state index in [9.17, 15) is 0 Å². The fourth-order valence-electron chi connectivity index (χ4n) is 1.12. The van der Waals surface area contributed by atoms with Gasteiger partial charge in [-0.2, -0.15) is 0 Å². The van der Waals surface area contributed by atoms with Crippen LogP contribution < -0.4 is 11.3 Å². The van der Waals surface area contributed by atoms with E-state index in [0.29, 0.717) is 25.7 Å². The van der Waals surface area contributed by atoms with Crippen molar-refractivity contribution in [1.29, 1.82) is 0 Å². The Morgan fingerprint density at radius 3 is 3.00 bits per heavy atom. The molecule has 1 saturated heterocycles. The second kappa shape index (κ2) is 5.90. The first-order chi connectivity index (χ1) is 6.38. The van der Waals surface area contributed by atoms with E-state index in [2.05, 4.69) is 17.3 Å². The highest BCUT2D eigenvalue weighted by molar-refractivity contribution is 5.86. The van der Waals surface area contributed by atoms with Gasteiger partial charge >= 0.3 is 0 Å². The molecule has 1 aliphatic heterocycles. The maximum Gasteiger partial charge on any atom is 0.142 e. The summed E-state index contributed by atoms with van der Waals surface area (Å²) in [5, 5.41) is 0.